The molecule has 3 aromatic carbocycles. The smallest absolute Gasteiger partial charge is 0.206 e. The molecule has 3 heteroatoms. The quantitative estimate of drug-likeness (QED) is 0.320. The molecule has 0 bridgehead atoms. The number of nitrogens with zero attached hydrogens (tertiary/aromatic N) is 1. The summed E-state index contributed by atoms with van der Waals surface area (Å²) in [5, 5.41) is 5.29. The zero-order chi connectivity index (χ0) is 21.6. The number of benzene rings is 3. The fraction of sp³-hybridized carbons (Fsp3) is 0.222. The lowest BCUT2D eigenvalue weighted by Gasteiger charge is -2.24. The molecule has 0 saturated heterocycles. The third kappa shape index (κ3) is 3.27. The molecule has 4 rings (SSSR count). The second-order valence-corrected chi connectivity index (χ2v) is 13.3. The van der Waals surface area contributed by atoms with Gasteiger partial charge in [0.25, 0.3) is 0 Å². The van der Waals surface area contributed by atoms with E-state index in [-0.39, 0.29) is 5.82 Å². The van der Waals surface area contributed by atoms with Gasteiger partial charge in [-0.05, 0) is 55.0 Å². The SMILES string of the molecule is Cc1cc(-c2c3ccc([Si](C)(C)c4ccccc4)cc3cc[n+]2C)c(C)c(C)c1F. The molecule has 4 aromatic rings. The normalized spacial score (nSPS) is 11.8. The topological polar surface area (TPSA) is 3.88 Å². The molecule has 0 aliphatic heterocycles. The van der Waals surface area contributed by atoms with Crippen LogP contribution >= 0.6 is 0 Å². The molecule has 0 N–H and O–H groups in total. The Bertz CT molecular complexity index is 1260. The van der Waals surface area contributed by atoms with E-state index in [2.05, 4.69) is 85.5 Å². The maximum atomic E-state index is 14.4. The van der Waals surface area contributed by atoms with E-state index < -0.39 is 8.07 Å². The summed E-state index contributed by atoms with van der Waals surface area (Å²) in [6.45, 7) is 10.6. The van der Waals surface area contributed by atoms with Gasteiger partial charge < -0.3 is 0 Å². The summed E-state index contributed by atoms with van der Waals surface area (Å²) in [5.41, 5.74) is 4.67. The van der Waals surface area contributed by atoms with Crippen LogP contribution in [0.25, 0.3) is 22.0 Å². The molecule has 152 valence electrons. The van der Waals surface area contributed by atoms with Crippen molar-refractivity contribution in [2.45, 2.75) is 33.9 Å². The minimum atomic E-state index is -1.78. The Morgan fingerprint density at radius 1 is 0.800 bits per heavy atom. The Morgan fingerprint density at radius 3 is 2.20 bits per heavy atom. The standard InChI is InChI=1S/C27H29FNSi/c1-18-16-25(19(2)20(3)26(18)28)27-24-13-12-23(17-21(24)14-15-29(27)4)30(5,6)22-10-8-7-9-11-22/h7-17H,1-6H3/q+1. The predicted octanol–water partition coefficient (Wildman–Crippen LogP) is 5.22. The highest BCUT2D eigenvalue weighted by molar-refractivity contribution is 7.00. The van der Waals surface area contributed by atoms with Crippen LogP contribution in [0.2, 0.25) is 13.1 Å². The van der Waals surface area contributed by atoms with Crippen molar-refractivity contribution in [3.8, 4) is 11.3 Å². The number of hydrogen-bond acceptors (Lipinski definition) is 0. The molecule has 0 atom stereocenters. The van der Waals surface area contributed by atoms with Crippen LogP contribution in [0.4, 0.5) is 4.39 Å². The van der Waals surface area contributed by atoms with Crippen molar-refractivity contribution in [1.82, 2.24) is 0 Å². The number of fused-ring (bicyclic) bond motifs is 1. The van der Waals surface area contributed by atoms with Crippen LogP contribution in [-0.4, -0.2) is 8.07 Å². The van der Waals surface area contributed by atoms with Crippen molar-refractivity contribution < 1.29 is 8.96 Å². The number of halogens is 1. The van der Waals surface area contributed by atoms with E-state index in [9.17, 15) is 4.39 Å². The summed E-state index contributed by atoms with van der Waals surface area (Å²) in [6.07, 6.45) is 2.12. The lowest BCUT2D eigenvalue weighted by Crippen LogP contribution is -2.52. The Labute approximate surface area is 179 Å². The third-order valence-corrected chi connectivity index (χ3v) is 10.1. The van der Waals surface area contributed by atoms with Crippen LogP contribution < -0.4 is 14.9 Å². The molecule has 0 aliphatic carbocycles. The highest BCUT2D eigenvalue weighted by Crippen LogP contribution is 2.31. The molecule has 1 aromatic heterocycles. The van der Waals surface area contributed by atoms with E-state index in [0.29, 0.717) is 5.56 Å². The highest BCUT2D eigenvalue weighted by Gasteiger charge is 2.27. The van der Waals surface area contributed by atoms with Crippen molar-refractivity contribution in [3.05, 3.63) is 89.4 Å². The zero-order valence-electron chi connectivity index (χ0n) is 18.7. The van der Waals surface area contributed by atoms with Gasteiger partial charge in [0.2, 0.25) is 5.69 Å². The average Bonchev–Trinajstić information content (AvgIpc) is 2.75. The van der Waals surface area contributed by atoms with Crippen molar-refractivity contribution in [2.24, 2.45) is 7.05 Å². The van der Waals surface area contributed by atoms with Gasteiger partial charge in [0.05, 0.1) is 10.9 Å². The number of aromatic nitrogens is 1. The monoisotopic (exact) mass is 414 g/mol. The van der Waals surface area contributed by atoms with Crippen molar-refractivity contribution in [3.63, 3.8) is 0 Å². The van der Waals surface area contributed by atoms with Gasteiger partial charge in [-0.15, -0.1) is 0 Å². The maximum Gasteiger partial charge on any atom is 0.220 e. The Kier molecular flexibility index (Phi) is 5.11. The van der Waals surface area contributed by atoms with E-state index in [0.717, 1.165) is 22.4 Å². The zero-order valence-corrected chi connectivity index (χ0v) is 19.7. The molecule has 1 heterocycles. The number of hydrogen-bond donors (Lipinski definition) is 0. The first-order valence-corrected chi connectivity index (χ1v) is 13.5. The van der Waals surface area contributed by atoms with Crippen LogP contribution in [-0.2, 0) is 7.05 Å². The molecule has 0 unspecified atom stereocenters. The number of rotatable bonds is 3. The molecule has 1 nitrogen and oxygen atoms in total. The first-order valence-electron chi connectivity index (χ1n) is 10.5. The largest absolute Gasteiger partial charge is 0.220 e. The molecule has 0 saturated carbocycles. The van der Waals surface area contributed by atoms with Crippen molar-refractivity contribution in [2.75, 3.05) is 0 Å². The summed E-state index contributed by atoms with van der Waals surface area (Å²) in [5.74, 6) is -0.1000. The van der Waals surface area contributed by atoms with Gasteiger partial charge in [-0.2, -0.15) is 0 Å². The van der Waals surface area contributed by atoms with Gasteiger partial charge in [-0.1, -0.05) is 65.9 Å². The first kappa shape index (κ1) is 20.5. The molecule has 0 amide bonds. The van der Waals surface area contributed by atoms with E-state index in [1.807, 2.05) is 26.8 Å². The van der Waals surface area contributed by atoms with Gasteiger partial charge in [-0.3, -0.25) is 0 Å². The maximum absolute atomic E-state index is 14.4. The van der Waals surface area contributed by atoms with Crippen LogP contribution in [0.1, 0.15) is 16.7 Å². The fourth-order valence-corrected chi connectivity index (χ4v) is 6.79. The third-order valence-electron chi connectivity index (χ3n) is 6.61. The van der Waals surface area contributed by atoms with Gasteiger partial charge in [0.1, 0.15) is 20.9 Å². The molecular formula is C27H29FNSi+. The van der Waals surface area contributed by atoms with Crippen LogP contribution in [0.3, 0.4) is 0 Å². The van der Waals surface area contributed by atoms with Crippen LogP contribution in [0, 0.1) is 26.6 Å². The minimum Gasteiger partial charge on any atom is -0.206 e. The second kappa shape index (κ2) is 7.48. The Morgan fingerprint density at radius 2 is 1.50 bits per heavy atom. The predicted molar refractivity (Wildman–Crippen MR) is 128 cm³/mol. The van der Waals surface area contributed by atoms with E-state index in [1.165, 1.54) is 21.1 Å². The average molecular weight is 415 g/mol. The second-order valence-electron chi connectivity index (χ2n) is 8.87. The van der Waals surface area contributed by atoms with E-state index in [1.54, 1.807) is 0 Å². The van der Waals surface area contributed by atoms with Crippen LogP contribution in [0.15, 0.2) is 66.9 Å². The number of pyridine rings is 1. The van der Waals surface area contributed by atoms with Gasteiger partial charge in [0.15, 0.2) is 6.20 Å². The van der Waals surface area contributed by atoms with Gasteiger partial charge in [0, 0.05) is 6.07 Å². The summed E-state index contributed by atoms with van der Waals surface area (Å²) < 4.78 is 16.6. The fourth-order valence-electron chi connectivity index (χ4n) is 4.41. The van der Waals surface area contributed by atoms with Crippen LogP contribution in [0.5, 0.6) is 0 Å². The minimum absolute atomic E-state index is 0.1000. The summed E-state index contributed by atoms with van der Waals surface area (Å²) >= 11 is 0. The van der Waals surface area contributed by atoms with E-state index >= 15 is 0 Å². The van der Waals surface area contributed by atoms with E-state index in [4.69, 9.17) is 0 Å². The molecular weight excluding hydrogens is 385 g/mol. The molecule has 0 spiro atoms. The highest BCUT2D eigenvalue weighted by atomic mass is 28.3. The Balaban J connectivity index is 1.94. The summed E-state index contributed by atoms with van der Waals surface area (Å²) in [6, 6.07) is 21.9. The lowest BCUT2D eigenvalue weighted by molar-refractivity contribution is -0.659. The molecule has 0 aliphatic rings. The number of aryl methyl sites for hydroxylation is 2. The van der Waals surface area contributed by atoms with Gasteiger partial charge in [-0.25, -0.2) is 8.96 Å². The summed E-state index contributed by atoms with van der Waals surface area (Å²) in [7, 11) is 0.293. The summed E-state index contributed by atoms with van der Waals surface area (Å²) in [4.78, 5) is 0. The van der Waals surface area contributed by atoms with Crippen molar-refractivity contribution in [1.29, 1.82) is 0 Å². The molecule has 30 heavy (non-hydrogen) atoms. The molecule has 0 fully saturated rings. The first-order chi connectivity index (χ1) is 14.2. The molecule has 0 radical (unpaired) electrons. The Hall–Kier alpha value is -2.78. The van der Waals surface area contributed by atoms with Gasteiger partial charge >= 0.3 is 0 Å². The lowest BCUT2D eigenvalue weighted by atomic mass is 9.94. The van der Waals surface area contributed by atoms with Crippen molar-refractivity contribution >= 4 is 29.2 Å².